The molecule has 0 spiro atoms. The van der Waals surface area contributed by atoms with Gasteiger partial charge in [0.2, 0.25) is 0 Å². The molecule has 4 rings (SSSR count). The van der Waals surface area contributed by atoms with Crippen LogP contribution in [0.4, 0.5) is 0 Å². The summed E-state index contributed by atoms with van der Waals surface area (Å²) in [5.41, 5.74) is 4.76. The Morgan fingerprint density at radius 2 is 2.13 bits per heavy atom. The van der Waals surface area contributed by atoms with Gasteiger partial charge in [-0.25, -0.2) is 4.79 Å². The van der Waals surface area contributed by atoms with E-state index in [2.05, 4.69) is 9.98 Å². The number of benzene rings is 1. The SMILES string of the molecule is Cc1ccc2oc(=O)cc(/C(=C3/C=CC=N3)c3ccc[nH]3)c2c1. The van der Waals surface area contributed by atoms with Crippen molar-refractivity contribution in [1.82, 2.24) is 4.98 Å². The monoisotopic (exact) mass is 302 g/mol. The predicted molar refractivity (Wildman–Crippen MR) is 91.7 cm³/mol. The Labute approximate surface area is 132 Å². The summed E-state index contributed by atoms with van der Waals surface area (Å²) < 4.78 is 5.34. The van der Waals surface area contributed by atoms with Crippen LogP contribution in [0.25, 0.3) is 16.5 Å². The Bertz CT molecular complexity index is 1020. The molecule has 4 heteroatoms. The molecule has 0 saturated heterocycles. The standard InChI is InChI=1S/C19H14N2O2/c1-12-6-7-17-13(10-12)14(11-18(22)23-17)19(15-4-2-8-20-15)16-5-3-9-21-16/h2-11,20H,1H3/b19-16+. The molecule has 4 nitrogen and oxygen atoms in total. The summed E-state index contributed by atoms with van der Waals surface area (Å²) in [6.07, 6.45) is 7.43. The first-order valence-electron chi connectivity index (χ1n) is 7.36. The Kier molecular flexibility index (Phi) is 3.08. The van der Waals surface area contributed by atoms with E-state index >= 15 is 0 Å². The average Bonchev–Trinajstić information content (AvgIpc) is 3.22. The van der Waals surface area contributed by atoms with E-state index in [1.165, 1.54) is 6.07 Å². The van der Waals surface area contributed by atoms with Crippen molar-refractivity contribution in [1.29, 1.82) is 0 Å². The van der Waals surface area contributed by atoms with Gasteiger partial charge >= 0.3 is 5.63 Å². The molecule has 1 aliphatic rings. The number of fused-ring (bicyclic) bond motifs is 1. The fourth-order valence-electron chi connectivity index (χ4n) is 2.84. The molecule has 112 valence electrons. The molecular weight excluding hydrogens is 288 g/mol. The van der Waals surface area contributed by atoms with Crippen LogP contribution in [-0.4, -0.2) is 11.2 Å². The highest BCUT2D eigenvalue weighted by Gasteiger charge is 2.17. The predicted octanol–water partition coefficient (Wildman–Crippen LogP) is 3.83. The summed E-state index contributed by atoms with van der Waals surface area (Å²) in [4.78, 5) is 19.7. The number of H-pyrrole nitrogens is 1. The maximum atomic E-state index is 12.0. The van der Waals surface area contributed by atoms with E-state index in [0.29, 0.717) is 5.58 Å². The van der Waals surface area contributed by atoms with Gasteiger partial charge in [0.05, 0.1) is 5.70 Å². The van der Waals surface area contributed by atoms with Crippen LogP contribution in [0.2, 0.25) is 0 Å². The summed E-state index contributed by atoms with van der Waals surface area (Å²) in [5.74, 6) is 0. The summed E-state index contributed by atoms with van der Waals surface area (Å²) in [6, 6.07) is 11.2. The molecule has 0 unspecified atom stereocenters. The second-order valence-corrected chi connectivity index (χ2v) is 5.46. The van der Waals surface area contributed by atoms with Crippen LogP contribution in [0.5, 0.6) is 0 Å². The number of aryl methyl sites for hydroxylation is 1. The van der Waals surface area contributed by atoms with Crippen molar-refractivity contribution in [2.24, 2.45) is 4.99 Å². The zero-order valence-corrected chi connectivity index (χ0v) is 12.5. The number of aliphatic imine (C=N–C) groups is 1. The number of aromatic nitrogens is 1. The summed E-state index contributed by atoms with van der Waals surface area (Å²) in [6.45, 7) is 2.02. The fourth-order valence-corrected chi connectivity index (χ4v) is 2.84. The zero-order chi connectivity index (χ0) is 15.8. The quantitative estimate of drug-likeness (QED) is 0.731. The first kappa shape index (κ1) is 13.5. The average molecular weight is 302 g/mol. The molecule has 0 saturated carbocycles. The molecule has 3 aromatic rings. The van der Waals surface area contributed by atoms with Gasteiger partial charge in [-0.1, -0.05) is 11.6 Å². The Morgan fingerprint density at radius 3 is 2.87 bits per heavy atom. The highest BCUT2D eigenvalue weighted by atomic mass is 16.4. The zero-order valence-electron chi connectivity index (χ0n) is 12.5. The van der Waals surface area contributed by atoms with E-state index in [4.69, 9.17) is 4.42 Å². The third-order valence-corrected chi connectivity index (χ3v) is 3.84. The molecule has 0 bridgehead atoms. The van der Waals surface area contributed by atoms with Gasteiger partial charge in [0, 0.05) is 40.7 Å². The Hall–Kier alpha value is -3.14. The van der Waals surface area contributed by atoms with Crippen molar-refractivity contribution in [2.45, 2.75) is 6.92 Å². The lowest BCUT2D eigenvalue weighted by molar-refractivity contribution is 0.560. The topological polar surface area (TPSA) is 58.4 Å². The molecule has 0 fully saturated rings. The maximum absolute atomic E-state index is 12.0. The smallest absolute Gasteiger partial charge is 0.336 e. The molecule has 23 heavy (non-hydrogen) atoms. The summed E-state index contributed by atoms with van der Waals surface area (Å²) in [7, 11) is 0. The lowest BCUT2D eigenvalue weighted by atomic mass is 9.96. The lowest BCUT2D eigenvalue weighted by Crippen LogP contribution is -2.02. The van der Waals surface area contributed by atoms with Gasteiger partial charge in [-0.15, -0.1) is 0 Å². The van der Waals surface area contributed by atoms with Gasteiger partial charge in [-0.05, 0) is 43.3 Å². The van der Waals surface area contributed by atoms with Crippen molar-refractivity contribution < 1.29 is 4.42 Å². The molecule has 3 heterocycles. The van der Waals surface area contributed by atoms with Crippen molar-refractivity contribution in [2.75, 3.05) is 0 Å². The van der Waals surface area contributed by atoms with Crippen LogP contribution in [0, 0.1) is 6.92 Å². The number of allylic oxidation sites excluding steroid dienone is 2. The van der Waals surface area contributed by atoms with E-state index in [1.807, 2.05) is 55.6 Å². The summed E-state index contributed by atoms with van der Waals surface area (Å²) in [5, 5.41) is 0.900. The molecule has 0 aliphatic carbocycles. The van der Waals surface area contributed by atoms with Crippen LogP contribution in [-0.2, 0) is 0 Å². The number of nitrogens with one attached hydrogen (secondary N) is 1. The number of aromatic amines is 1. The van der Waals surface area contributed by atoms with E-state index in [0.717, 1.165) is 33.5 Å². The van der Waals surface area contributed by atoms with E-state index in [9.17, 15) is 4.79 Å². The van der Waals surface area contributed by atoms with Crippen LogP contribution in [0.1, 0.15) is 16.8 Å². The second kappa shape index (κ2) is 5.25. The molecule has 0 atom stereocenters. The van der Waals surface area contributed by atoms with Gasteiger partial charge in [0.15, 0.2) is 0 Å². The van der Waals surface area contributed by atoms with Gasteiger partial charge < -0.3 is 9.40 Å². The number of rotatable bonds is 2. The molecule has 1 N–H and O–H groups in total. The molecule has 1 aromatic carbocycles. The van der Waals surface area contributed by atoms with Crippen LogP contribution < -0.4 is 5.63 Å². The normalized spacial score (nSPS) is 15.5. The number of hydrogen-bond donors (Lipinski definition) is 1. The van der Waals surface area contributed by atoms with Crippen molar-refractivity contribution in [3.63, 3.8) is 0 Å². The Morgan fingerprint density at radius 1 is 1.22 bits per heavy atom. The lowest BCUT2D eigenvalue weighted by Gasteiger charge is -2.11. The van der Waals surface area contributed by atoms with Gasteiger partial charge in [0.1, 0.15) is 5.58 Å². The molecular formula is C19H14N2O2. The molecule has 2 aromatic heterocycles. The van der Waals surface area contributed by atoms with Crippen LogP contribution >= 0.6 is 0 Å². The fraction of sp³-hybridized carbons (Fsp3) is 0.0526. The number of nitrogens with zero attached hydrogens (tertiary/aromatic N) is 1. The first-order valence-corrected chi connectivity index (χ1v) is 7.36. The molecule has 1 aliphatic heterocycles. The third kappa shape index (κ3) is 2.34. The molecule has 0 amide bonds. The van der Waals surface area contributed by atoms with Crippen LogP contribution in [0.3, 0.4) is 0 Å². The second-order valence-electron chi connectivity index (χ2n) is 5.46. The molecule has 0 radical (unpaired) electrons. The third-order valence-electron chi connectivity index (χ3n) is 3.84. The minimum atomic E-state index is -0.369. The van der Waals surface area contributed by atoms with E-state index < -0.39 is 0 Å². The van der Waals surface area contributed by atoms with Crippen molar-refractivity contribution in [3.05, 3.63) is 87.7 Å². The van der Waals surface area contributed by atoms with Gasteiger partial charge in [-0.3, -0.25) is 4.99 Å². The first-order chi connectivity index (χ1) is 11.2. The number of hydrogen-bond acceptors (Lipinski definition) is 3. The van der Waals surface area contributed by atoms with E-state index in [1.54, 1.807) is 6.21 Å². The largest absolute Gasteiger partial charge is 0.423 e. The van der Waals surface area contributed by atoms with Crippen LogP contribution in [0.15, 0.2) is 74.6 Å². The highest BCUT2D eigenvalue weighted by molar-refractivity contribution is 5.97. The minimum absolute atomic E-state index is 0.369. The van der Waals surface area contributed by atoms with Gasteiger partial charge in [-0.2, -0.15) is 0 Å². The summed E-state index contributed by atoms with van der Waals surface area (Å²) >= 11 is 0. The van der Waals surface area contributed by atoms with Crippen molar-refractivity contribution >= 4 is 22.8 Å². The Balaban J connectivity index is 2.12. The van der Waals surface area contributed by atoms with E-state index in [-0.39, 0.29) is 5.63 Å². The highest BCUT2D eigenvalue weighted by Crippen LogP contribution is 2.32. The maximum Gasteiger partial charge on any atom is 0.336 e. The minimum Gasteiger partial charge on any atom is -0.423 e. The van der Waals surface area contributed by atoms with Gasteiger partial charge in [0.25, 0.3) is 0 Å². The van der Waals surface area contributed by atoms with Crippen molar-refractivity contribution in [3.8, 4) is 0 Å².